The average molecular weight is 348 g/mol. The van der Waals surface area contributed by atoms with Crippen LogP contribution >= 0.6 is 0 Å². The summed E-state index contributed by atoms with van der Waals surface area (Å²) in [5, 5.41) is 0. The number of rotatable bonds is 7. The van der Waals surface area contributed by atoms with Gasteiger partial charge < -0.3 is 4.74 Å². The van der Waals surface area contributed by atoms with Gasteiger partial charge in [-0.05, 0) is 67.7 Å². The first kappa shape index (κ1) is 19.8. The lowest BCUT2D eigenvalue weighted by atomic mass is 9.72. The van der Waals surface area contributed by atoms with Gasteiger partial charge in [0.15, 0.2) is 0 Å². The maximum Gasteiger partial charge on any atom is 0.373 e. The molecule has 1 aromatic rings. The molecule has 0 spiro atoms. The van der Waals surface area contributed by atoms with E-state index in [2.05, 4.69) is 27.7 Å². The van der Waals surface area contributed by atoms with Gasteiger partial charge in [-0.1, -0.05) is 34.1 Å². The Labute approximate surface area is 151 Å². The molecule has 1 aliphatic carbocycles. The number of carbonyl (C=O) groups excluding carboxylic acids is 1. The van der Waals surface area contributed by atoms with Gasteiger partial charge in [-0.25, -0.2) is 4.79 Å². The van der Waals surface area contributed by atoms with Gasteiger partial charge in [-0.15, -0.1) is 0 Å². The van der Waals surface area contributed by atoms with Crippen LogP contribution in [-0.2, 0) is 9.78 Å². The molecule has 1 aliphatic rings. The van der Waals surface area contributed by atoms with E-state index in [1.54, 1.807) is 24.3 Å². The second-order valence-corrected chi connectivity index (χ2v) is 8.03. The highest BCUT2D eigenvalue weighted by molar-refractivity contribution is 5.89. The van der Waals surface area contributed by atoms with E-state index in [0.29, 0.717) is 23.5 Å². The third-order valence-electron chi connectivity index (χ3n) is 5.02. The number of carbonyl (C=O) groups is 1. The van der Waals surface area contributed by atoms with Gasteiger partial charge in [0.2, 0.25) is 0 Å². The van der Waals surface area contributed by atoms with E-state index in [1.165, 1.54) is 0 Å². The Morgan fingerprint density at radius 1 is 1.08 bits per heavy atom. The second-order valence-electron chi connectivity index (χ2n) is 8.03. The van der Waals surface area contributed by atoms with Crippen LogP contribution in [0.5, 0.6) is 5.75 Å². The first-order valence-corrected chi connectivity index (χ1v) is 9.50. The van der Waals surface area contributed by atoms with Crippen molar-refractivity contribution in [3.05, 3.63) is 29.8 Å². The zero-order valence-electron chi connectivity index (χ0n) is 16.0. The lowest BCUT2D eigenvalue weighted by Crippen LogP contribution is -2.29. The topological polar surface area (TPSA) is 44.8 Å². The summed E-state index contributed by atoms with van der Waals surface area (Å²) < 4.78 is 5.59. The quantitative estimate of drug-likeness (QED) is 0.368. The summed E-state index contributed by atoms with van der Waals surface area (Å²) in [6.07, 6.45) is 6.26. The molecule has 0 atom stereocenters. The van der Waals surface area contributed by atoms with Gasteiger partial charge in [-0.2, -0.15) is 4.89 Å². The smallest absolute Gasteiger partial charge is 0.373 e. The van der Waals surface area contributed by atoms with E-state index in [9.17, 15) is 4.79 Å². The molecule has 4 heteroatoms. The molecule has 1 aromatic carbocycles. The molecule has 4 nitrogen and oxygen atoms in total. The molecular formula is C21H32O4. The van der Waals surface area contributed by atoms with E-state index in [-0.39, 0.29) is 6.10 Å². The Kier molecular flexibility index (Phi) is 7.30. The van der Waals surface area contributed by atoms with Crippen molar-refractivity contribution in [2.75, 3.05) is 6.61 Å². The minimum atomic E-state index is -0.446. The number of hydrogen-bond donors (Lipinski definition) is 0. The van der Waals surface area contributed by atoms with E-state index >= 15 is 0 Å². The van der Waals surface area contributed by atoms with Crippen molar-refractivity contribution < 1.29 is 19.3 Å². The van der Waals surface area contributed by atoms with Crippen molar-refractivity contribution in [2.24, 2.45) is 11.3 Å². The van der Waals surface area contributed by atoms with Crippen LogP contribution in [-0.4, -0.2) is 18.7 Å². The van der Waals surface area contributed by atoms with Crippen LogP contribution in [0.2, 0.25) is 0 Å². The first-order valence-electron chi connectivity index (χ1n) is 9.50. The molecule has 1 saturated carbocycles. The fraction of sp³-hybridized carbons (Fsp3) is 0.667. The Balaban J connectivity index is 1.73. The molecule has 0 N–H and O–H groups in total. The van der Waals surface area contributed by atoms with E-state index in [0.717, 1.165) is 44.3 Å². The lowest BCUT2D eigenvalue weighted by molar-refractivity contribution is -0.281. The van der Waals surface area contributed by atoms with Crippen LogP contribution in [0.25, 0.3) is 0 Å². The van der Waals surface area contributed by atoms with E-state index < -0.39 is 5.97 Å². The van der Waals surface area contributed by atoms with Crippen LogP contribution in [0.15, 0.2) is 24.3 Å². The number of unbranched alkanes of at least 4 members (excludes halogenated alkanes) is 1. The number of benzene rings is 1. The number of hydrogen-bond acceptors (Lipinski definition) is 4. The van der Waals surface area contributed by atoms with E-state index in [1.807, 2.05) is 0 Å². The minimum Gasteiger partial charge on any atom is -0.494 e. The van der Waals surface area contributed by atoms with Crippen molar-refractivity contribution >= 4 is 5.97 Å². The molecule has 0 bridgehead atoms. The number of ether oxygens (including phenoxy) is 1. The second kappa shape index (κ2) is 9.23. The summed E-state index contributed by atoms with van der Waals surface area (Å²) in [4.78, 5) is 22.5. The summed E-state index contributed by atoms with van der Waals surface area (Å²) >= 11 is 0. The fourth-order valence-corrected chi connectivity index (χ4v) is 3.21. The molecule has 0 saturated heterocycles. The molecule has 0 radical (unpaired) electrons. The molecule has 25 heavy (non-hydrogen) atoms. The highest BCUT2D eigenvalue weighted by Gasteiger charge is 2.31. The van der Waals surface area contributed by atoms with Crippen molar-refractivity contribution in [1.29, 1.82) is 0 Å². The summed E-state index contributed by atoms with van der Waals surface area (Å²) in [6, 6.07) is 7.01. The summed E-state index contributed by atoms with van der Waals surface area (Å²) in [5.41, 5.74) is 0.814. The van der Waals surface area contributed by atoms with E-state index in [4.69, 9.17) is 14.5 Å². The molecule has 0 aromatic heterocycles. The van der Waals surface area contributed by atoms with Crippen LogP contribution in [0.1, 0.15) is 76.6 Å². The first-order chi connectivity index (χ1) is 11.9. The highest BCUT2D eigenvalue weighted by Crippen LogP contribution is 2.38. The van der Waals surface area contributed by atoms with Gasteiger partial charge >= 0.3 is 5.97 Å². The Morgan fingerprint density at radius 2 is 1.72 bits per heavy atom. The molecule has 0 amide bonds. The molecule has 1 fully saturated rings. The minimum absolute atomic E-state index is 0.0131. The van der Waals surface area contributed by atoms with Gasteiger partial charge in [0.1, 0.15) is 11.9 Å². The van der Waals surface area contributed by atoms with Crippen molar-refractivity contribution in [2.45, 2.75) is 72.3 Å². The van der Waals surface area contributed by atoms with Gasteiger partial charge in [-0.3, -0.25) is 4.89 Å². The molecule has 140 valence electrons. The largest absolute Gasteiger partial charge is 0.494 e. The SMILES string of the molecule is CCCCOc1ccc(C(=O)OOC2CCC(C(C)(C)C)CC2)cc1. The summed E-state index contributed by atoms with van der Waals surface area (Å²) in [7, 11) is 0. The standard InChI is InChI=1S/C21H32O4/c1-5-6-15-23-18-11-7-16(8-12-18)20(22)25-24-19-13-9-17(10-14-19)21(2,3)4/h7-8,11-12,17,19H,5-6,9-10,13-15H2,1-4H3. The maximum atomic E-state index is 12.1. The maximum absolute atomic E-state index is 12.1. The zero-order chi connectivity index (χ0) is 18.3. The van der Waals surface area contributed by atoms with Crippen molar-refractivity contribution in [1.82, 2.24) is 0 Å². The monoisotopic (exact) mass is 348 g/mol. The Bertz CT molecular complexity index is 522. The third kappa shape index (κ3) is 6.35. The van der Waals surface area contributed by atoms with Crippen LogP contribution in [0, 0.1) is 11.3 Å². The normalized spacial score (nSPS) is 21.0. The predicted octanol–water partition coefficient (Wildman–Crippen LogP) is 5.56. The molecule has 0 aliphatic heterocycles. The molecular weight excluding hydrogens is 316 g/mol. The van der Waals surface area contributed by atoms with Gasteiger partial charge in [0, 0.05) is 0 Å². The van der Waals surface area contributed by atoms with Crippen molar-refractivity contribution in [3.63, 3.8) is 0 Å². The van der Waals surface area contributed by atoms with Crippen molar-refractivity contribution in [3.8, 4) is 5.75 Å². The molecule has 0 heterocycles. The van der Waals surface area contributed by atoms with Gasteiger partial charge in [0.05, 0.1) is 12.2 Å². The Hall–Kier alpha value is -1.55. The third-order valence-corrected chi connectivity index (χ3v) is 5.02. The Morgan fingerprint density at radius 3 is 2.28 bits per heavy atom. The molecule has 2 rings (SSSR count). The highest BCUT2D eigenvalue weighted by atomic mass is 17.2. The zero-order valence-corrected chi connectivity index (χ0v) is 16.0. The molecule has 0 unspecified atom stereocenters. The predicted molar refractivity (Wildman–Crippen MR) is 98.5 cm³/mol. The van der Waals surface area contributed by atoms with Crippen LogP contribution in [0.4, 0.5) is 0 Å². The lowest BCUT2D eigenvalue weighted by Gasteiger charge is -2.36. The summed E-state index contributed by atoms with van der Waals surface area (Å²) in [5.74, 6) is 1.03. The summed E-state index contributed by atoms with van der Waals surface area (Å²) in [6.45, 7) is 9.68. The fourth-order valence-electron chi connectivity index (χ4n) is 3.21. The van der Waals surface area contributed by atoms with Gasteiger partial charge in [0.25, 0.3) is 0 Å². The van der Waals surface area contributed by atoms with Crippen LogP contribution < -0.4 is 4.74 Å². The van der Waals surface area contributed by atoms with Crippen LogP contribution in [0.3, 0.4) is 0 Å². The average Bonchev–Trinajstić information content (AvgIpc) is 2.60.